The van der Waals surface area contributed by atoms with Gasteiger partial charge >= 0.3 is 0 Å². The lowest BCUT2D eigenvalue weighted by molar-refractivity contribution is -0.121. The fraction of sp³-hybridized carbons (Fsp3) is 0.238. The zero-order valence-electron chi connectivity index (χ0n) is 14.4. The largest absolute Gasteiger partial charge is 0.354 e. The van der Waals surface area contributed by atoms with E-state index in [-0.39, 0.29) is 11.8 Å². The summed E-state index contributed by atoms with van der Waals surface area (Å²) in [5.74, 6) is 0.129. The second-order valence-corrected chi connectivity index (χ2v) is 6.23. The third-order valence-corrected chi connectivity index (χ3v) is 4.32. The van der Waals surface area contributed by atoms with Crippen molar-refractivity contribution in [3.05, 3.63) is 90.0 Å². The number of imidazole rings is 1. The van der Waals surface area contributed by atoms with Crippen molar-refractivity contribution < 1.29 is 4.79 Å². The molecule has 0 saturated carbocycles. The second-order valence-electron chi connectivity index (χ2n) is 6.23. The summed E-state index contributed by atoms with van der Waals surface area (Å²) in [7, 11) is 0. The van der Waals surface area contributed by atoms with E-state index in [1.54, 1.807) is 12.5 Å². The Morgan fingerprint density at radius 2 is 1.80 bits per heavy atom. The highest BCUT2D eigenvalue weighted by molar-refractivity contribution is 5.77. The summed E-state index contributed by atoms with van der Waals surface area (Å²) in [6.07, 6.45) is 5.83. The predicted octanol–water partition coefficient (Wildman–Crippen LogP) is 3.53. The standard InChI is InChI=1S/C21H23N3O/c1-17-7-9-19(10-8-17)20(18-5-3-2-4-6-18)15-21(25)23-12-14-24-13-11-22-16-24/h2-11,13,16,20H,12,14-15H2,1H3,(H,23,25). The Balaban J connectivity index is 1.67. The van der Waals surface area contributed by atoms with E-state index in [2.05, 4.69) is 53.6 Å². The normalized spacial score (nSPS) is 11.9. The van der Waals surface area contributed by atoms with Crippen LogP contribution in [0.25, 0.3) is 0 Å². The number of hydrogen-bond donors (Lipinski definition) is 1. The Kier molecular flexibility index (Phi) is 5.62. The van der Waals surface area contributed by atoms with Crippen LogP contribution in [-0.2, 0) is 11.3 Å². The van der Waals surface area contributed by atoms with E-state index < -0.39 is 0 Å². The van der Waals surface area contributed by atoms with Gasteiger partial charge in [-0.15, -0.1) is 0 Å². The summed E-state index contributed by atoms with van der Waals surface area (Å²) >= 11 is 0. The van der Waals surface area contributed by atoms with E-state index in [0.717, 1.165) is 12.1 Å². The summed E-state index contributed by atoms with van der Waals surface area (Å²) in [6.45, 7) is 3.40. The molecule has 3 aromatic rings. The monoisotopic (exact) mass is 333 g/mol. The van der Waals surface area contributed by atoms with Crippen molar-refractivity contribution >= 4 is 5.91 Å². The van der Waals surface area contributed by atoms with E-state index in [4.69, 9.17) is 0 Å². The summed E-state index contributed by atoms with van der Waals surface area (Å²) in [5, 5.41) is 3.01. The number of nitrogens with one attached hydrogen (secondary N) is 1. The zero-order chi connectivity index (χ0) is 17.5. The number of hydrogen-bond acceptors (Lipinski definition) is 2. The molecule has 0 aliphatic rings. The van der Waals surface area contributed by atoms with Crippen LogP contribution < -0.4 is 5.32 Å². The lowest BCUT2D eigenvalue weighted by atomic mass is 9.88. The van der Waals surface area contributed by atoms with Crippen LogP contribution in [0.3, 0.4) is 0 Å². The Hall–Kier alpha value is -2.88. The van der Waals surface area contributed by atoms with Crippen LogP contribution in [0.5, 0.6) is 0 Å². The number of aromatic nitrogens is 2. The minimum absolute atomic E-state index is 0.0644. The molecule has 0 fully saturated rings. The molecule has 1 N–H and O–H groups in total. The van der Waals surface area contributed by atoms with Gasteiger partial charge in [0.25, 0.3) is 0 Å². The smallest absolute Gasteiger partial charge is 0.221 e. The Bertz CT molecular complexity index is 780. The summed E-state index contributed by atoms with van der Waals surface area (Å²) in [4.78, 5) is 16.5. The average Bonchev–Trinajstić information content (AvgIpc) is 3.15. The van der Waals surface area contributed by atoms with E-state index in [1.165, 1.54) is 11.1 Å². The van der Waals surface area contributed by atoms with Crippen molar-refractivity contribution in [3.8, 4) is 0 Å². The van der Waals surface area contributed by atoms with E-state index >= 15 is 0 Å². The fourth-order valence-electron chi connectivity index (χ4n) is 2.91. The van der Waals surface area contributed by atoms with Crippen LogP contribution in [0.15, 0.2) is 73.3 Å². The molecule has 1 atom stereocenters. The Morgan fingerprint density at radius 3 is 2.48 bits per heavy atom. The molecule has 1 aromatic heterocycles. The van der Waals surface area contributed by atoms with Gasteiger partial charge in [-0.1, -0.05) is 60.2 Å². The van der Waals surface area contributed by atoms with Crippen molar-refractivity contribution in [1.29, 1.82) is 0 Å². The topological polar surface area (TPSA) is 46.9 Å². The fourth-order valence-corrected chi connectivity index (χ4v) is 2.91. The number of carbonyl (C=O) groups is 1. The van der Waals surface area contributed by atoms with Gasteiger partial charge in [-0.2, -0.15) is 0 Å². The molecule has 4 heteroatoms. The van der Waals surface area contributed by atoms with Gasteiger partial charge < -0.3 is 9.88 Å². The minimum Gasteiger partial charge on any atom is -0.354 e. The van der Waals surface area contributed by atoms with Crippen LogP contribution in [-0.4, -0.2) is 22.0 Å². The van der Waals surface area contributed by atoms with Crippen LogP contribution in [0.1, 0.15) is 29.0 Å². The number of benzene rings is 2. The van der Waals surface area contributed by atoms with Crippen molar-refractivity contribution in [3.63, 3.8) is 0 Å². The van der Waals surface area contributed by atoms with E-state index in [1.807, 2.05) is 29.0 Å². The van der Waals surface area contributed by atoms with Gasteiger partial charge in [0.05, 0.1) is 6.33 Å². The molecule has 128 valence electrons. The van der Waals surface area contributed by atoms with E-state index in [9.17, 15) is 4.79 Å². The molecule has 1 unspecified atom stereocenters. The van der Waals surface area contributed by atoms with E-state index in [0.29, 0.717) is 13.0 Å². The highest BCUT2D eigenvalue weighted by atomic mass is 16.1. The van der Waals surface area contributed by atoms with Gasteiger partial charge in [0, 0.05) is 37.8 Å². The maximum atomic E-state index is 12.5. The summed E-state index contributed by atoms with van der Waals surface area (Å²) < 4.78 is 1.95. The van der Waals surface area contributed by atoms with Gasteiger partial charge in [0.1, 0.15) is 0 Å². The maximum Gasteiger partial charge on any atom is 0.221 e. The number of amides is 1. The number of aryl methyl sites for hydroxylation is 1. The minimum atomic E-state index is 0.0644. The highest BCUT2D eigenvalue weighted by Crippen LogP contribution is 2.28. The molecule has 25 heavy (non-hydrogen) atoms. The average molecular weight is 333 g/mol. The molecular weight excluding hydrogens is 310 g/mol. The van der Waals surface area contributed by atoms with Crippen molar-refractivity contribution in [2.75, 3.05) is 6.54 Å². The molecule has 0 radical (unpaired) electrons. The van der Waals surface area contributed by atoms with Crippen LogP contribution >= 0.6 is 0 Å². The highest BCUT2D eigenvalue weighted by Gasteiger charge is 2.17. The van der Waals surface area contributed by atoms with Gasteiger partial charge in [0.2, 0.25) is 5.91 Å². The maximum absolute atomic E-state index is 12.5. The van der Waals surface area contributed by atoms with Gasteiger partial charge in [-0.3, -0.25) is 4.79 Å². The lowest BCUT2D eigenvalue weighted by Gasteiger charge is -2.18. The number of rotatable bonds is 7. The van der Waals surface area contributed by atoms with Crippen LogP contribution in [0.2, 0.25) is 0 Å². The Labute approximate surface area is 148 Å². The molecule has 1 amide bonds. The third-order valence-electron chi connectivity index (χ3n) is 4.32. The lowest BCUT2D eigenvalue weighted by Crippen LogP contribution is -2.28. The SMILES string of the molecule is Cc1ccc(C(CC(=O)NCCn2ccnc2)c2ccccc2)cc1. The molecule has 0 aliphatic heterocycles. The molecule has 4 nitrogen and oxygen atoms in total. The van der Waals surface area contributed by atoms with Crippen molar-refractivity contribution in [2.45, 2.75) is 25.8 Å². The molecular formula is C21H23N3O. The third kappa shape index (κ3) is 4.80. The van der Waals surface area contributed by atoms with Crippen molar-refractivity contribution in [2.24, 2.45) is 0 Å². The second kappa shape index (κ2) is 8.29. The first-order chi connectivity index (χ1) is 12.2. The molecule has 0 aliphatic carbocycles. The molecule has 0 spiro atoms. The molecule has 0 saturated heterocycles. The molecule has 1 heterocycles. The molecule has 3 rings (SSSR count). The molecule has 0 bridgehead atoms. The summed E-state index contributed by atoms with van der Waals surface area (Å²) in [5.41, 5.74) is 3.55. The first-order valence-corrected chi connectivity index (χ1v) is 8.56. The first-order valence-electron chi connectivity index (χ1n) is 8.56. The molecule has 2 aromatic carbocycles. The summed E-state index contributed by atoms with van der Waals surface area (Å²) in [6, 6.07) is 18.6. The quantitative estimate of drug-likeness (QED) is 0.719. The number of carbonyl (C=O) groups excluding carboxylic acids is 1. The van der Waals surface area contributed by atoms with Crippen molar-refractivity contribution in [1.82, 2.24) is 14.9 Å². The first kappa shape index (κ1) is 17.0. The van der Waals surface area contributed by atoms with Gasteiger partial charge in [-0.05, 0) is 18.1 Å². The Morgan fingerprint density at radius 1 is 1.08 bits per heavy atom. The van der Waals surface area contributed by atoms with Crippen LogP contribution in [0, 0.1) is 6.92 Å². The van der Waals surface area contributed by atoms with Gasteiger partial charge in [-0.25, -0.2) is 4.98 Å². The predicted molar refractivity (Wildman–Crippen MR) is 99.3 cm³/mol. The number of nitrogens with zero attached hydrogens (tertiary/aromatic N) is 2. The zero-order valence-corrected chi connectivity index (χ0v) is 14.4. The van der Waals surface area contributed by atoms with Crippen LogP contribution in [0.4, 0.5) is 0 Å². The van der Waals surface area contributed by atoms with Gasteiger partial charge in [0.15, 0.2) is 0 Å².